The molecule has 0 heterocycles. The van der Waals surface area contributed by atoms with Crippen LogP contribution in [0.15, 0.2) is 0 Å². The molecule has 0 aromatic heterocycles. The van der Waals surface area contributed by atoms with Gasteiger partial charge in [-0.2, -0.15) is 0 Å². The van der Waals surface area contributed by atoms with Crippen LogP contribution in [0, 0.1) is 11.8 Å². The van der Waals surface area contributed by atoms with Crippen LogP contribution in [0.2, 0.25) is 0 Å². The fourth-order valence-corrected chi connectivity index (χ4v) is 3.95. The maximum atomic E-state index is 11.3. The smallest absolute Gasteiger partial charge is 0.224 e. The topological polar surface area (TPSA) is 34.1 Å². The fraction of sp³-hybridized carbons (Fsp3) is 0.909. The minimum Gasteiger partial charge on any atom is -0.281 e. The van der Waals surface area contributed by atoms with E-state index in [2.05, 4.69) is 13.8 Å². The molecule has 0 rings (SSSR count). The Bertz CT molecular complexity index is 356. The lowest BCUT2D eigenvalue weighted by Gasteiger charge is -2.15. The van der Waals surface area contributed by atoms with Gasteiger partial charge in [-0.15, -0.1) is 0 Å². The van der Waals surface area contributed by atoms with E-state index in [1.807, 2.05) is 0 Å². The highest BCUT2D eigenvalue weighted by Crippen LogP contribution is 2.22. The Hall–Kier alpha value is -0.0800. The molecule has 0 aromatic rings. The lowest BCUT2D eigenvalue weighted by molar-refractivity contribution is -0.116. The van der Waals surface area contributed by atoms with Gasteiger partial charge < -0.3 is 0 Å². The third kappa shape index (κ3) is 17.3. The summed E-state index contributed by atoms with van der Waals surface area (Å²) in [5, 5.41) is -0.361. The van der Waals surface area contributed by atoms with Gasteiger partial charge in [-0.3, -0.25) is 9.59 Å². The van der Waals surface area contributed by atoms with Crippen LogP contribution < -0.4 is 0 Å². The molecule has 2 nitrogen and oxygen atoms in total. The minimum atomic E-state index is -0.199. The predicted molar refractivity (Wildman–Crippen MR) is 114 cm³/mol. The molecule has 26 heavy (non-hydrogen) atoms. The van der Waals surface area contributed by atoms with Crippen LogP contribution in [0.1, 0.15) is 117 Å². The van der Waals surface area contributed by atoms with E-state index < -0.39 is 0 Å². The van der Waals surface area contributed by atoms with E-state index in [9.17, 15) is 9.59 Å². The van der Waals surface area contributed by atoms with Gasteiger partial charge in [0, 0.05) is 12.3 Å². The third-order valence-corrected chi connectivity index (χ3v) is 5.70. The van der Waals surface area contributed by atoms with Crippen LogP contribution in [0.5, 0.6) is 0 Å². The highest BCUT2D eigenvalue weighted by Gasteiger charge is 2.19. The number of carbonyl (C=O) groups is 2. The van der Waals surface area contributed by atoms with Gasteiger partial charge in [0.15, 0.2) is 0 Å². The van der Waals surface area contributed by atoms with Crippen LogP contribution >= 0.6 is 23.2 Å². The summed E-state index contributed by atoms with van der Waals surface area (Å²) in [4.78, 5) is 21.9. The quantitative estimate of drug-likeness (QED) is 0.160. The van der Waals surface area contributed by atoms with E-state index in [0.29, 0.717) is 12.3 Å². The van der Waals surface area contributed by atoms with Gasteiger partial charge in [0.2, 0.25) is 10.5 Å². The average molecular weight is 407 g/mol. The molecule has 0 N–H and O–H groups in total. The maximum absolute atomic E-state index is 11.3. The number of unbranched alkanes of at least 4 members (excludes halogenated alkanes) is 13. The number of hydrogen-bond donors (Lipinski definition) is 0. The Morgan fingerprint density at radius 1 is 0.615 bits per heavy atom. The molecular formula is C22H40Cl2O2. The first-order chi connectivity index (χ1) is 12.4. The van der Waals surface area contributed by atoms with Crippen molar-refractivity contribution in [2.45, 2.75) is 117 Å². The van der Waals surface area contributed by atoms with Crippen molar-refractivity contribution in [2.75, 3.05) is 0 Å². The molecule has 0 aromatic carbocycles. The van der Waals surface area contributed by atoms with E-state index in [-0.39, 0.29) is 16.4 Å². The predicted octanol–water partition coefficient (Wildman–Crippen LogP) is 8.03. The van der Waals surface area contributed by atoms with Crippen molar-refractivity contribution in [2.24, 2.45) is 11.8 Å². The van der Waals surface area contributed by atoms with Crippen molar-refractivity contribution in [3.63, 3.8) is 0 Å². The molecule has 1 atom stereocenters. The third-order valence-electron chi connectivity index (χ3n) is 5.23. The molecule has 0 radical (unpaired) electrons. The summed E-state index contributed by atoms with van der Waals surface area (Å²) in [5.41, 5.74) is 0. The Balaban J connectivity index is 3.22. The average Bonchev–Trinajstić information content (AvgIpc) is 2.56. The monoisotopic (exact) mass is 406 g/mol. The molecule has 0 bridgehead atoms. The van der Waals surface area contributed by atoms with Gasteiger partial charge in [-0.25, -0.2) is 0 Å². The molecule has 0 aliphatic rings. The summed E-state index contributed by atoms with van der Waals surface area (Å²) in [7, 11) is 0. The van der Waals surface area contributed by atoms with E-state index >= 15 is 0 Å². The van der Waals surface area contributed by atoms with Crippen molar-refractivity contribution >= 4 is 33.7 Å². The Labute approximate surface area is 171 Å². The molecular weight excluding hydrogens is 367 g/mol. The van der Waals surface area contributed by atoms with Gasteiger partial charge in [-0.05, 0) is 42.0 Å². The van der Waals surface area contributed by atoms with E-state index in [1.165, 1.54) is 70.6 Å². The molecule has 1 unspecified atom stereocenters. The lowest BCUT2D eigenvalue weighted by Crippen LogP contribution is -2.15. The molecule has 0 saturated carbocycles. The van der Waals surface area contributed by atoms with Gasteiger partial charge in [0.05, 0.1) is 0 Å². The second kappa shape index (κ2) is 18.3. The summed E-state index contributed by atoms with van der Waals surface area (Å²) in [5.74, 6) is 0.398. The van der Waals surface area contributed by atoms with E-state index in [1.54, 1.807) is 0 Å². The Kier molecular flexibility index (Phi) is 18.2. The first-order valence-electron chi connectivity index (χ1n) is 10.8. The lowest BCUT2D eigenvalue weighted by atomic mass is 9.91. The van der Waals surface area contributed by atoms with E-state index in [0.717, 1.165) is 25.7 Å². The number of halogens is 2. The zero-order valence-electron chi connectivity index (χ0n) is 17.0. The first-order valence-corrected chi connectivity index (χ1v) is 11.6. The second-order valence-electron chi connectivity index (χ2n) is 8.00. The number of rotatable bonds is 19. The zero-order chi connectivity index (χ0) is 19.6. The second-order valence-corrected chi connectivity index (χ2v) is 8.79. The van der Waals surface area contributed by atoms with Crippen molar-refractivity contribution in [1.29, 1.82) is 0 Å². The van der Waals surface area contributed by atoms with Crippen molar-refractivity contribution in [3.05, 3.63) is 0 Å². The fourth-order valence-electron chi connectivity index (χ4n) is 3.46. The zero-order valence-corrected chi connectivity index (χ0v) is 18.6. The van der Waals surface area contributed by atoms with Gasteiger partial charge in [0.25, 0.3) is 0 Å². The van der Waals surface area contributed by atoms with Gasteiger partial charge in [-0.1, -0.05) is 97.3 Å². The molecule has 0 aliphatic heterocycles. The molecule has 0 saturated heterocycles. The van der Waals surface area contributed by atoms with Crippen LogP contribution in [0.4, 0.5) is 0 Å². The summed E-state index contributed by atoms with van der Waals surface area (Å²) in [6, 6.07) is 0. The van der Waals surface area contributed by atoms with Crippen molar-refractivity contribution in [1.82, 2.24) is 0 Å². The van der Waals surface area contributed by atoms with Crippen molar-refractivity contribution in [3.8, 4) is 0 Å². The maximum Gasteiger partial charge on any atom is 0.224 e. The summed E-state index contributed by atoms with van der Waals surface area (Å²) in [6.45, 7) is 4.16. The standard InChI is InChI=1S/C22H40Cl2O2/c1-19(2)20(22(24)26)17-15-13-11-9-7-5-3-4-6-8-10-12-14-16-18-21(23)25/h19-20H,3-18H2,1-2H3. The van der Waals surface area contributed by atoms with Gasteiger partial charge in [0.1, 0.15) is 0 Å². The molecule has 4 heteroatoms. The highest BCUT2D eigenvalue weighted by atomic mass is 35.5. The molecule has 0 spiro atoms. The summed E-state index contributed by atoms with van der Waals surface area (Å²) >= 11 is 11.0. The summed E-state index contributed by atoms with van der Waals surface area (Å²) in [6.07, 6.45) is 19.1. The molecule has 154 valence electrons. The van der Waals surface area contributed by atoms with Crippen LogP contribution in [-0.4, -0.2) is 10.5 Å². The first kappa shape index (κ1) is 25.9. The molecule has 0 aliphatic carbocycles. The van der Waals surface area contributed by atoms with Crippen LogP contribution in [0.25, 0.3) is 0 Å². The molecule has 0 amide bonds. The normalized spacial score (nSPS) is 12.5. The Morgan fingerprint density at radius 2 is 0.962 bits per heavy atom. The molecule has 0 fully saturated rings. The highest BCUT2D eigenvalue weighted by molar-refractivity contribution is 6.64. The minimum absolute atomic E-state index is 0.0412. The SMILES string of the molecule is CC(C)C(CCCCCCCCCCCCCCCCC(=O)Cl)C(=O)Cl. The van der Waals surface area contributed by atoms with Crippen LogP contribution in [0.3, 0.4) is 0 Å². The number of hydrogen-bond acceptors (Lipinski definition) is 2. The van der Waals surface area contributed by atoms with E-state index in [4.69, 9.17) is 23.2 Å². The number of carbonyl (C=O) groups excluding carboxylic acids is 2. The Morgan fingerprint density at radius 3 is 1.27 bits per heavy atom. The largest absolute Gasteiger partial charge is 0.281 e. The van der Waals surface area contributed by atoms with Gasteiger partial charge >= 0.3 is 0 Å². The van der Waals surface area contributed by atoms with Crippen LogP contribution in [-0.2, 0) is 9.59 Å². The summed E-state index contributed by atoms with van der Waals surface area (Å²) < 4.78 is 0. The van der Waals surface area contributed by atoms with Crippen molar-refractivity contribution < 1.29 is 9.59 Å².